The molecule has 1 rings (SSSR count). The zero-order valence-corrected chi connectivity index (χ0v) is 20.5. The summed E-state index contributed by atoms with van der Waals surface area (Å²) in [6.45, 7) is 3.56. The highest BCUT2D eigenvalue weighted by molar-refractivity contribution is 5.96. The first-order chi connectivity index (χ1) is 17.2. The predicted molar refractivity (Wildman–Crippen MR) is 129 cm³/mol. The number of hydrogen-bond donors (Lipinski definition) is 8. The minimum Gasteiger partial charge on any atom is -0.508 e. The molecule has 0 fully saturated rings. The van der Waals surface area contributed by atoms with Gasteiger partial charge in [0, 0.05) is 0 Å². The molecule has 0 saturated carbocycles. The van der Waals surface area contributed by atoms with Gasteiger partial charge >= 0.3 is 11.9 Å². The molecule has 4 amide bonds. The van der Waals surface area contributed by atoms with E-state index >= 15 is 0 Å². The molecule has 14 heteroatoms. The van der Waals surface area contributed by atoms with E-state index in [1.165, 1.54) is 12.1 Å². The first-order valence-corrected chi connectivity index (χ1v) is 11.4. The van der Waals surface area contributed by atoms with Gasteiger partial charge in [-0.2, -0.15) is 0 Å². The summed E-state index contributed by atoms with van der Waals surface area (Å²) in [5.41, 5.74) is 11.8. The number of aliphatic carboxylic acids is 2. The molecule has 4 unspecified atom stereocenters. The van der Waals surface area contributed by atoms with Crippen molar-refractivity contribution in [2.24, 2.45) is 17.4 Å². The average Bonchev–Trinajstić information content (AvgIpc) is 2.78. The number of rotatable bonds is 15. The van der Waals surface area contributed by atoms with Gasteiger partial charge in [-0.15, -0.1) is 0 Å². The van der Waals surface area contributed by atoms with Crippen molar-refractivity contribution in [3.63, 3.8) is 0 Å². The number of nitrogens with two attached hydrogens (primary N) is 2. The Bertz CT molecular complexity index is 997. The molecule has 0 aromatic heterocycles. The van der Waals surface area contributed by atoms with E-state index in [0.29, 0.717) is 5.56 Å². The third-order valence-electron chi connectivity index (χ3n) is 5.10. The quantitative estimate of drug-likeness (QED) is 0.128. The fraction of sp³-hybridized carbons (Fsp3) is 0.478. The Morgan fingerprint density at radius 3 is 1.81 bits per heavy atom. The molecule has 10 N–H and O–H groups in total. The number of aromatic hydroxyl groups is 1. The lowest BCUT2D eigenvalue weighted by molar-refractivity contribution is -0.147. The minimum absolute atomic E-state index is 0.0441. The van der Waals surface area contributed by atoms with Crippen molar-refractivity contribution in [1.82, 2.24) is 16.0 Å². The molecule has 37 heavy (non-hydrogen) atoms. The number of nitrogens with one attached hydrogen (secondary N) is 3. The number of phenolic OH excluding ortho intramolecular Hbond substituents is 1. The van der Waals surface area contributed by atoms with Gasteiger partial charge in [0.2, 0.25) is 23.6 Å². The average molecular weight is 524 g/mol. The first kappa shape index (κ1) is 30.8. The van der Waals surface area contributed by atoms with Gasteiger partial charge < -0.3 is 42.7 Å². The first-order valence-electron chi connectivity index (χ1n) is 11.4. The summed E-state index contributed by atoms with van der Waals surface area (Å²) < 4.78 is 0. The lowest BCUT2D eigenvalue weighted by Crippen LogP contribution is -2.58. The summed E-state index contributed by atoms with van der Waals surface area (Å²) in [6, 6.07) is 0.374. The van der Waals surface area contributed by atoms with Crippen molar-refractivity contribution in [1.29, 1.82) is 0 Å². The van der Waals surface area contributed by atoms with Crippen LogP contribution in [0.25, 0.3) is 0 Å². The van der Waals surface area contributed by atoms with Crippen molar-refractivity contribution < 1.29 is 44.1 Å². The van der Waals surface area contributed by atoms with Crippen LogP contribution in [-0.4, -0.2) is 75.1 Å². The van der Waals surface area contributed by atoms with Gasteiger partial charge in [-0.05, 0) is 36.5 Å². The number of hydrogen-bond acceptors (Lipinski definition) is 8. The lowest BCUT2D eigenvalue weighted by Gasteiger charge is -2.25. The molecule has 14 nitrogen and oxygen atoms in total. The van der Waals surface area contributed by atoms with Crippen LogP contribution in [0.15, 0.2) is 24.3 Å². The Labute approximate surface area is 212 Å². The molecule has 0 aliphatic rings. The second-order valence-electron chi connectivity index (χ2n) is 8.90. The number of carbonyl (C=O) groups is 6. The monoisotopic (exact) mass is 523 g/mol. The number of amides is 4. The number of carboxylic acids is 2. The summed E-state index contributed by atoms with van der Waals surface area (Å²) in [6.07, 6.45) is -1.41. The molecule has 0 heterocycles. The van der Waals surface area contributed by atoms with Crippen molar-refractivity contribution in [2.75, 3.05) is 0 Å². The van der Waals surface area contributed by atoms with Crippen molar-refractivity contribution in [3.8, 4) is 5.75 Å². The lowest BCUT2D eigenvalue weighted by atomic mass is 10.0. The van der Waals surface area contributed by atoms with E-state index in [-0.39, 0.29) is 24.5 Å². The van der Waals surface area contributed by atoms with Crippen molar-refractivity contribution >= 4 is 35.6 Å². The largest absolute Gasteiger partial charge is 0.508 e. The van der Waals surface area contributed by atoms with Gasteiger partial charge in [0.05, 0.1) is 18.9 Å². The van der Waals surface area contributed by atoms with Crippen LogP contribution in [0.4, 0.5) is 0 Å². The molecule has 0 bridgehead atoms. The standard InChI is InChI=1S/C23H33N5O9/c1-11(2)7-15(26-20(33)14(24)8-12-3-5-13(29)6-4-12)21(34)27-16(9-18(25)30)22(35)28-17(23(36)37)10-19(31)32/h3-6,11,14-17,29H,7-10,24H2,1-2H3,(H2,25,30)(H,26,33)(H,27,34)(H,28,35)(H,31,32)(H,36,37). The third-order valence-corrected chi connectivity index (χ3v) is 5.10. The van der Waals surface area contributed by atoms with E-state index in [0.717, 1.165) is 0 Å². The summed E-state index contributed by atoms with van der Waals surface area (Å²) in [5, 5.41) is 34.1. The Kier molecular flexibility index (Phi) is 12.0. The maximum Gasteiger partial charge on any atom is 0.326 e. The molecule has 0 radical (unpaired) electrons. The second-order valence-corrected chi connectivity index (χ2v) is 8.90. The van der Waals surface area contributed by atoms with Crippen LogP contribution >= 0.6 is 0 Å². The molecule has 204 valence electrons. The van der Waals surface area contributed by atoms with Gasteiger partial charge in [-0.3, -0.25) is 24.0 Å². The minimum atomic E-state index is -1.82. The van der Waals surface area contributed by atoms with Gasteiger partial charge in [-0.1, -0.05) is 26.0 Å². The normalized spacial score (nSPS) is 14.1. The molecule has 0 aliphatic heterocycles. The Balaban J connectivity index is 2.98. The van der Waals surface area contributed by atoms with Crippen molar-refractivity contribution in [3.05, 3.63) is 29.8 Å². The number of primary amides is 1. The highest BCUT2D eigenvalue weighted by Crippen LogP contribution is 2.12. The van der Waals surface area contributed by atoms with Crippen LogP contribution in [0.1, 0.15) is 38.7 Å². The smallest absolute Gasteiger partial charge is 0.326 e. The van der Waals surface area contributed by atoms with Crippen molar-refractivity contribution in [2.45, 2.75) is 63.7 Å². The van der Waals surface area contributed by atoms with Gasteiger partial charge in [0.25, 0.3) is 0 Å². The Morgan fingerprint density at radius 1 is 0.811 bits per heavy atom. The maximum absolute atomic E-state index is 13.0. The van der Waals surface area contributed by atoms with Gasteiger partial charge in [0.15, 0.2) is 0 Å². The SMILES string of the molecule is CC(C)CC(NC(=O)C(N)Cc1ccc(O)cc1)C(=O)NC(CC(N)=O)C(=O)NC(CC(=O)O)C(=O)O. The molecule has 0 spiro atoms. The zero-order chi connectivity index (χ0) is 28.3. The molecular weight excluding hydrogens is 490 g/mol. The fourth-order valence-corrected chi connectivity index (χ4v) is 3.29. The van der Waals surface area contributed by atoms with E-state index in [2.05, 4.69) is 10.6 Å². The van der Waals surface area contributed by atoms with Crippen LogP contribution in [0.5, 0.6) is 5.75 Å². The number of carboxylic acid groups (broad SMARTS) is 2. The predicted octanol–water partition coefficient (Wildman–Crippen LogP) is -1.80. The highest BCUT2D eigenvalue weighted by Gasteiger charge is 2.32. The zero-order valence-electron chi connectivity index (χ0n) is 20.5. The second kappa shape index (κ2) is 14.4. The van der Waals surface area contributed by atoms with Crippen LogP contribution < -0.4 is 27.4 Å². The molecule has 0 aliphatic carbocycles. The number of carbonyl (C=O) groups excluding carboxylic acids is 4. The van der Waals surface area contributed by atoms with E-state index in [4.69, 9.17) is 21.7 Å². The highest BCUT2D eigenvalue weighted by atomic mass is 16.4. The van der Waals surface area contributed by atoms with Gasteiger partial charge in [-0.25, -0.2) is 4.79 Å². The van der Waals surface area contributed by atoms with Crippen LogP contribution in [-0.2, 0) is 35.2 Å². The summed E-state index contributed by atoms with van der Waals surface area (Å²) in [7, 11) is 0. The maximum atomic E-state index is 13.0. The van der Waals surface area contributed by atoms with E-state index in [9.17, 15) is 33.9 Å². The number of phenols is 1. The van der Waals surface area contributed by atoms with E-state index in [1.54, 1.807) is 26.0 Å². The molecule has 0 saturated heterocycles. The van der Waals surface area contributed by atoms with Gasteiger partial charge in [0.1, 0.15) is 23.9 Å². The third kappa shape index (κ3) is 11.4. The van der Waals surface area contributed by atoms with E-state index < -0.39 is 72.6 Å². The molecular formula is C23H33N5O9. The number of benzene rings is 1. The van der Waals surface area contributed by atoms with Crippen LogP contribution in [0.3, 0.4) is 0 Å². The molecule has 1 aromatic carbocycles. The fourth-order valence-electron chi connectivity index (χ4n) is 3.29. The molecule has 1 aromatic rings. The molecule has 4 atom stereocenters. The Hall–Kier alpha value is -4.20. The van der Waals surface area contributed by atoms with Crippen LogP contribution in [0, 0.1) is 5.92 Å². The summed E-state index contributed by atoms with van der Waals surface area (Å²) in [5.74, 6) is -6.84. The topological polar surface area (TPSA) is 251 Å². The van der Waals surface area contributed by atoms with Crippen LogP contribution in [0.2, 0.25) is 0 Å². The summed E-state index contributed by atoms with van der Waals surface area (Å²) in [4.78, 5) is 71.9. The summed E-state index contributed by atoms with van der Waals surface area (Å²) >= 11 is 0. The van der Waals surface area contributed by atoms with E-state index in [1.807, 2.05) is 5.32 Å². The Morgan fingerprint density at radius 2 is 1.32 bits per heavy atom.